The van der Waals surface area contributed by atoms with Crippen molar-refractivity contribution in [2.75, 3.05) is 32.8 Å². The van der Waals surface area contributed by atoms with Crippen molar-refractivity contribution in [2.45, 2.75) is 76.3 Å². The SMILES string of the molecule is CCCCC(NC(=O)C1(NC(=O)N2CCOCC2)CCCCC1)C(=O)C(=O)NCC(=O)Cc1ccccc1. The van der Waals surface area contributed by atoms with E-state index in [9.17, 15) is 24.0 Å². The van der Waals surface area contributed by atoms with Gasteiger partial charge in [0.15, 0.2) is 5.78 Å². The van der Waals surface area contributed by atoms with E-state index in [0.717, 1.165) is 31.2 Å². The van der Waals surface area contributed by atoms with Crippen LogP contribution in [0, 0.1) is 0 Å². The molecular weight excluding hydrogens is 488 g/mol. The van der Waals surface area contributed by atoms with Gasteiger partial charge >= 0.3 is 6.03 Å². The molecule has 1 aromatic carbocycles. The van der Waals surface area contributed by atoms with Crippen molar-refractivity contribution < 1.29 is 28.7 Å². The molecule has 0 aromatic heterocycles. The molecular formula is C28H40N4O6. The lowest BCUT2D eigenvalue weighted by Crippen LogP contribution is -2.64. The zero-order valence-corrected chi connectivity index (χ0v) is 22.3. The van der Waals surface area contributed by atoms with Crippen molar-refractivity contribution in [1.29, 1.82) is 0 Å². The van der Waals surface area contributed by atoms with Crippen LogP contribution in [0.4, 0.5) is 4.79 Å². The van der Waals surface area contributed by atoms with Crippen LogP contribution in [0.15, 0.2) is 30.3 Å². The van der Waals surface area contributed by atoms with Crippen LogP contribution >= 0.6 is 0 Å². The molecule has 4 amide bonds. The predicted octanol–water partition coefficient (Wildman–Crippen LogP) is 1.90. The molecule has 3 rings (SSSR count). The van der Waals surface area contributed by atoms with Gasteiger partial charge in [-0.25, -0.2) is 4.79 Å². The molecule has 0 bridgehead atoms. The summed E-state index contributed by atoms with van der Waals surface area (Å²) in [5.41, 5.74) is -0.316. The molecule has 2 fully saturated rings. The van der Waals surface area contributed by atoms with Crippen LogP contribution < -0.4 is 16.0 Å². The number of hydrogen-bond acceptors (Lipinski definition) is 6. The van der Waals surface area contributed by atoms with Crippen molar-refractivity contribution in [3.05, 3.63) is 35.9 Å². The standard InChI is InChI=1S/C28H40N4O6/c1-2-3-12-23(24(34)25(35)29-20-22(33)19-21-10-6-4-7-11-21)30-26(36)28(13-8-5-9-14-28)31-27(37)32-15-17-38-18-16-32/h4,6-7,10-11,23H,2-3,5,8-9,12-20H2,1H3,(H,29,35)(H,30,36)(H,31,37). The van der Waals surface area contributed by atoms with Gasteiger partial charge in [-0.05, 0) is 24.8 Å². The third-order valence-corrected chi connectivity index (χ3v) is 7.17. The molecule has 3 N–H and O–H groups in total. The molecule has 1 atom stereocenters. The van der Waals surface area contributed by atoms with Crippen molar-refractivity contribution in [1.82, 2.24) is 20.9 Å². The Labute approximate surface area is 224 Å². The number of unbranched alkanes of at least 4 members (excludes halogenated alkanes) is 1. The van der Waals surface area contributed by atoms with Gasteiger partial charge < -0.3 is 25.6 Å². The van der Waals surface area contributed by atoms with E-state index in [2.05, 4.69) is 16.0 Å². The maximum atomic E-state index is 13.6. The van der Waals surface area contributed by atoms with Crippen LogP contribution in [0.1, 0.15) is 63.9 Å². The average molecular weight is 529 g/mol. The number of nitrogens with zero attached hydrogens (tertiary/aromatic N) is 1. The Kier molecular flexibility index (Phi) is 11.3. The molecule has 38 heavy (non-hydrogen) atoms. The van der Waals surface area contributed by atoms with E-state index in [0.29, 0.717) is 52.0 Å². The van der Waals surface area contributed by atoms with E-state index in [4.69, 9.17) is 4.74 Å². The molecule has 10 heteroatoms. The van der Waals surface area contributed by atoms with E-state index in [1.165, 1.54) is 0 Å². The summed E-state index contributed by atoms with van der Waals surface area (Å²) < 4.78 is 5.32. The third-order valence-electron chi connectivity index (χ3n) is 7.17. The maximum Gasteiger partial charge on any atom is 0.318 e. The Bertz CT molecular complexity index is 971. The van der Waals surface area contributed by atoms with Crippen molar-refractivity contribution in [3.8, 4) is 0 Å². The number of hydrogen-bond donors (Lipinski definition) is 3. The summed E-state index contributed by atoms with van der Waals surface area (Å²) >= 11 is 0. The monoisotopic (exact) mass is 528 g/mol. The first-order chi connectivity index (χ1) is 18.3. The normalized spacial score (nSPS) is 17.7. The lowest BCUT2D eigenvalue weighted by molar-refractivity contribution is -0.141. The Balaban J connectivity index is 1.63. The zero-order valence-electron chi connectivity index (χ0n) is 22.3. The van der Waals surface area contributed by atoms with Crippen LogP contribution in [0.2, 0.25) is 0 Å². The first kappa shape index (κ1) is 29.3. The number of Topliss-reactive ketones (excluding diaryl/α,β-unsaturated/α-hetero) is 2. The minimum atomic E-state index is -1.14. The first-order valence-electron chi connectivity index (χ1n) is 13.7. The van der Waals surface area contributed by atoms with Gasteiger partial charge in [-0.3, -0.25) is 19.2 Å². The van der Waals surface area contributed by atoms with E-state index in [-0.39, 0.29) is 24.8 Å². The topological polar surface area (TPSA) is 134 Å². The smallest absolute Gasteiger partial charge is 0.318 e. The molecule has 1 aliphatic heterocycles. The molecule has 2 aliphatic rings. The van der Waals surface area contributed by atoms with Crippen LogP contribution in [0.3, 0.4) is 0 Å². The fourth-order valence-electron chi connectivity index (χ4n) is 4.90. The molecule has 1 heterocycles. The molecule has 0 spiro atoms. The van der Waals surface area contributed by atoms with E-state index in [1.54, 1.807) is 4.90 Å². The highest BCUT2D eigenvalue weighted by Gasteiger charge is 2.43. The van der Waals surface area contributed by atoms with Crippen molar-refractivity contribution in [3.63, 3.8) is 0 Å². The van der Waals surface area contributed by atoms with Crippen LogP contribution in [0.25, 0.3) is 0 Å². The van der Waals surface area contributed by atoms with E-state index in [1.807, 2.05) is 37.3 Å². The quantitative estimate of drug-likeness (QED) is 0.355. The molecule has 0 radical (unpaired) electrons. The Hall–Kier alpha value is -3.27. The number of amides is 4. The van der Waals surface area contributed by atoms with Gasteiger partial charge in [-0.2, -0.15) is 0 Å². The fourth-order valence-corrected chi connectivity index (χ4v) is 4.90. The summed E-state index contributed by atoms with van der Waals surface area (Å²) in [4.78, 5) is 66.2. The summed E-state index contributed by atoms with van der Waals surface area (Å²) in [5.74, 6) is -2.35. The van der Waals surface area contributed by atoms with E-state index >= 15 is 0 Å². The number of carbonyl (C=O) groups excluding carboxylic acids is 5. The largest absolute Gasteiger partial charge is 0.378 e. The Morgan fingerprint density at radius 3 is 2.34 bits per heavy atom. The first-order valence-corrected chi connectivity index (χ1v) is 13.7. The summed E-state index contributed by atoms with van der Waals surface area (Å²) in [6.07, 6.45) is 5.27. The van der Waals surface area contributed by atoms with Gasteiger partial charge in [-0.1, -0.05) is 69.4 Å². The number of benzene rings is 1. The number of nitrogens with one attached hydrogen (secondary N) is 3. The zero-order chi connectivity index (χ0) is 27.4. The van der Waals surface area contributed by atoms with Crippen LogP contribution in [-0.4, -0.2) is 78.7 Å². The molecule has 208 valence electrons. The number of rotatable bonds is 12. The van der Waals surface area contributed by atoms with E-state index < -0.39 is 29.2 Å². The minimum Gasteiger partial charge on any atom is -0.378 e. The maximum absolute atomic E-state index is 13.6. The van der Waals surface area contributed by atoms with Gasteiger partial charge in [0.25, 0.3) is 5.91 Å². The Morgan fingerprint density at radius 1 is 1.00 bits per heavy atom. The highest BCUT2D eigenvalue weighted by Crippen LogP contribution is 2.29. The number of carbonyl (C=O) groups is 5. The summed E-state index contributed by atoms with van der Waals surface area (Å²) in [6, 6.07) is 7.79. The lowest BCUT2D eigenvalue weighted by atomic mass is 9.80. The van der Waals surface area contributed by atoms with Crippen molar-refractivity contribution in [2.24, 2.45) is 0 Å². The average Bonchev–Trinajstić information content (AvgIpc) is 2.95. The Morgan fingerprint density at radius 2 is 1.68 bits per heavy atom. The molecule has 1 aromatic rings. The summed E-state index contributed by atoms with van der Waals surface area (Å²) in [5, 5.41) is 8.16. The van der Waals surface area contributed by atoms with Gasteiger partial charge in [0.05, 0.1) is 25.8 Å². The van der Waals surface area contributed by atoms with Crippen LogP contribution in [-0.2, 0) is 30.3 Å². The number of ether oxygens (including phenoxy) is 1. The second kappa shape index (κ2) is 14.6. The number of morpholine rings is 1. The predicted molar refractivity (Wildman–Crippen MR) is 141 cm³/mol. The number of ketones is 2. The molecule has 1 saturated carbocycles. The second-order valence-corrected chi connectivity index (χ2v) is 10.1. The second-order valence-electron chi connectivity index (χ2n) is 10.1. The van der Waals surface area contributed by atoms with Gasteiger partial charge in [0, 0.05) is 19.5 Å². The molecule has 1 aliphatic carbocycles. The van der Waals surface area contributed by atoms with Gasteiger partial charge in [0.1, 0.15) is 5.54 Å². The van der Waals surface area contributed by atoms with Crippen molar-refractivity contribution >= 4 is 29.4 Å². The fraction of sp³-hybridized carbons (Fsp3) is 0.607. The molecule has 1 saturated heterocycles. The lowest BCUT2D eigenvalue weighted by Gasteiger charge is -2.39. The highest BCUT2D eigenvalue weighted by atomic mass is 16.5. The molecule has 1 unspecified atom stereocenters. The van der Waals surface area contributed by atoms with Crippen LogP contribution in [0.5, 0.6) is 0 Å². The summed E-state index contributed by atoms with van der Waals surface area (Å²) in [7, 11) is 0. The summed E-state index contributed by atoms with van der Waals surface area (Å²) in [6.45, 7) is 3.48. The van der Waals surface area contributed by atoms with Gasteiger partial charge in [-0.15, -0.1) is 0 Å². The minimum absolute atomic E-state index is 0.149. The highest BCUT2D eigenvalue weighted by molar-refractivity contribution is 6.38. The number of urea groups is 1. The molecule has 10 nitrogen and oxygen atoms in total. The third kappa shape index (κ3) is 8.37. The van der Waals surface area contributed by atoms with Gasteiger partial charge in [0.2, 0.25) is 11.7 Å².